The summed E-state index contributed by atoms with van der Waals surface area (Å²) in [6.45, 7) is 0. The van der Waals surface area contributed by atoms with E-state index in [2.05, 4.69) is 10.6 Å². The van der Waals surface area contributed by atoms with Gasteiger partial charge in [-0.15, -0.1) is 0 Å². The number of anilines is 2. The minimum Gasteiger partial charge on any atom is -0.507 e. The van der Waals surface area contributed by atoms with Gasteiger partial charge < -0.3 is 20.8 Å². The predicted molar refractivity (Wildman–Crippen MR) is 173 cm³/mol. The summed E-state index contributed by atoms with van der Waals surface area (Å²) in [5.41, 5.74) is -2.40. The number of phenols is 2. The summed E-state index contributed by atoms with van der Waals surface area (Å²) in [4.78, 5) is 22.3. The summed E-state index contributed by atoms with van der Waals surface area (Å²) in [6.07, 6.45) is 1.99. The average molecular weight is 771 g/mol. The number of amides is 2. The van der Waals surface area contributed by atoms with Crippen LogP contribution < -0.4 is 10.6 Å². The number of hydrogen-bond acceptors (Lipinski definition) is 12. The Balaban J connectivity index is 1.66. The molecule has 4 aromatic carbocycles. The maximum Gasteiger partial charge on any atom is 0.295 e. The quantitative estimate of drug-likeness (QED) is 0.0849. The van der Waals surface area contributed by atoms with Crippen LogP contribution in [0.5, 0.6) is 11.5 Å². The number of benzene rings is 4. The molecule has 0 radical (unpaired) electrons. The molecule has 0 saturated carbocycles. The average Bonchev–Trinajstić information content (AvgIpc) is 2.99. The Kier molecular flexibility index (Phi) is 10.2. The van der Waals surface area contributed by atoms with Crippen LogP contribution in [0, 0.1) is 0 Å². The second kappa shape index (κ2) is 13.6. The lowest BCUT2D eigenvalue weighted by molar-refractivity contribution is 0.101. The van der Waals surface area contributed by atoms with Crippen LogP contribution in [-0.4, -0.2) is 73.9 Å². The zero-order valence-corrected chi connectivity index (χ0v) is 27.7. The number of hydrogen-bond donors (Lipinski definition) is 8. The number of carbonyl (C=O) groups is 2. The summed E-state index contributed by atoms with van der Waals surface area (Å²) in [7, 11) is -19.6. The highest BCUT2D eigenvalue weighted by atomic mass is 32.2. The Bertz CT molecular complexity index is 2370. The van der Waals surface area contributed by atoms with Crippen LogP contribution in [0.3, 0.4) is 0 Å². The second-order valence-electron chi connectivity index (χ2n) is 10.0. The highest BCUT2D eigenvalue weighted by molar-refractivity contribution is 7.86. The van der Waals surface area contributed by atoms with Crippen molar-refractivity contribution < 1.29 is 71.7 Å². The van der Waals surface area contributed by atoms with Crippen molar-refractivity contribution in [3.63, 3.8) is 0 Å². The SMILES string of the molecule is O=C(Nc1ccc(/C=C/c2ccc(NC(=O)c3cc(S(=O)(=O)O)ccc3O)cc2S(=O)(=O)O)c(S(=O)(=O)O)c1)c1cc(S(=O)(=O)O)ccc1O. The van der Waals surface area contributed by atoms with Gasteiger partial charge in [-0.05, 0) is 71.8 Å². The Morgan fingerprint density at radius 3 is 1.12 bits per heavy atom. The number of aromatic hydroxyl groups is 2. The molecule has 0 saturated heterocycles. The third-order valence-corrected chi connectivity index (χ3v) is 10.1. The van der Waals surface area contributed by atoms with Crippen LogP contribution in [0.4, 0.5) is 11.4 Å². The van der Waals surface area contributed by atoms with E-state index in [9.17, 15) is 71.7 Å². The van der Waals surface area contributed by atoms with E-state index < -0.39 is 94.5 Å². The van der Waals surface area contributed by atoms with E-state index >= 15 is 0 Å². The summed E-state index contributed by atoms with van der Waals surface area (Å²) in [5.74, 6) is -3.70. The highest BCUT2D eigenvalue weighted by Gasteiger charge is 2.22. The minimum atomic E-state index is -5.05. The largest absolute Gasteiger partial charge is 0.507 e. The van der Waals surface area contributed by atoms with Gasteiger partial charge in [0.15, 0.2) is 0 Å². The Morgan fingerprint density at radius 2 is 0.820 bits per heavy atom. The summed E-state index contributed by atoms with van der Waals surface area (Å²) >= 11 is 0. The topological polar surface area (TPSA) is 316 Å². The van der Waals surface area contributed by atoms with Crippen LogP contribution >= 0.6 is 0 Å². The van der Waals surface area contributed by atoms with E-state index in [1.165, 1.54) is 0 Å². The molecule has 0 unspecified atom stereocenters. The first-order valence-electron chi connectivity index (χ1n) is 13.1. The fourth-order valence-corrected chi connectivity index (χ4v) is 6.67. The van der Waals surface area contributed by atoms with Crippen molar-refractivity contribution in [3.8, 4) is 11.5 Å². The molecular formula is C28H22N2O16S4. The standard InChI is InChI=1S/C28H22N2O16S4/c31-23-9-7-19(47(35,36)37)13-21(23)27(33)29-17-5-3-15(25(11-17)49(41,42)43)1-2-16-4-6-18(12-26(16)50(44,45)46)30-28(34)22-14-20(48(38,39)40)8-10-24(22)32/h1-14,31-32H,(H,29,33)(H,30,34)(H,35,36,37)(H,38,39,40)(H,41,42,43)(H,44,45,46)/b2-1+. The molecule has 0 spiro atoms. The van der Waals surface area contributed by atoms with Gasteiger partial charge in [0, 0.05) is 11.4 Å². The summed E-state index contributed by atoms with van der Waals surface area (Å²) in [6, 6.07) is 10.4. The number of rotatable bonds is 10. The van der Waals surface area contributed by atoms with Gasteiger partial charge >= 0.3 is 0 Å². The van der Waals surface area contributed by atoms with Crippen molar-refractivity contribution in [3.05, 3.63) is 95.1 Å². The summed E-state index contributed by atoms with van der Waals surface area (Å²) < 4.78 is 133. The molecule has 0 aliphatic heterocycles. The normalized spacial score (nSPS) is 12.5. The molecule has 2 amide bonds. The van der Waals surface area contributed by atoms with Crippen LogP contribution in [0.25, 0.3) is 12.2 Å². The van der Waals surface area contributed by atoms with Gasteiger partial charge in [0.1, 0.15) is 21.3 Å². The molecule has 0 aliphatic rings. The zero-order chi connectivity index (χ0) is 37.4. The molecule has 0 heterocycles. The maximum atomic E-state index is 12.7. The van der Waals surface area contributed by atoms with Gasteiger partial charge in [-0.3, -0.25) is 27.8 Å². The lowest BCUT2D eigenvalue weighted by atomic mass is 10.1. The van der Waals surface area contributed by atoms with Gasteiger partial charge in [-0.1, -0.05) is 24.3 Å². The Morgan fingerprint density at radius 1 is 0.480 bits per heavy atom. The lowest BCUT2D eigenvalue weighted by Gasteiger charge is -2.11. The molecule has 18 nitrogen and oxygen atoms in total. The molecule has 264 valence electrons. The van der Waals surface area contributed by atoms with Crippen molar-refractivity contribution in [1.29, 1.82) is 0 Å². The minimum absolute atomic E-state index is 0.283. The third-order valence-electron chi connectivity index (χ3n) is 6.56. The third kappa shape index (κ3) is 8.87. The first-order valence-corrected chi connectivity index (χ1v) is 18.9. The second-order valence-corrected chi connectivity index (χ2v) is 15.6. The Labute approximate surface area is 283 Å². The summed E-state index contributed by atoms with van der Waals surface area (Å²) in [5, 5.41) is 24.4. The first kappa shape index (κ1) is 37.6. The molecule has 8 N–H and O–H groups in total. The molecule has 0 bridgehead atoms. The van der Waals surface area contributed by atoms with Crippen molar-refractivity contribution in [2.24, 2.45) is 0 Å². The fourth-order valence-electron chi connectivity index (χ4n) is 4.24. The van der Waals surface area contributed by atoms with Crippen molar-refractivity contribution in [1.82, 2.24) is 0 Å². The van der Waals surface area contributed by atoms with Crippen LogP contribution in [0.15, 0.2) is 92.4 Å². The first-order chi connectivity index (χ1) is 22.9. The van der Waals surface area contributed by atoms with Crippen molar-refractivity contribution in [2.75, 3.05) is 10.6 Å². The predicted octanol–water partition coefficient (Wildman–Crippen LogP) is 2.76. The van der Waals surface area contributed by atoms with Gasteiger partial charge in [0.2, 0.25) is 0 Å². The molecular weight excluding hydrogens is 749 g/mol. The van der Waals surface area contributed by atoms with Crippen LogP contribution in [0.2, 0.25) is 0 Å². The van der Waals surface area contributed by atoms with Crippen molar-refractivity contribution >= 4 is 75.8 Å². The number of nitrogens with one attached hydrogen (secondary N) is 2. The van der Waals surface area contributed by atoms with Crippen LogP contribution in [-0.2, 0) is 40.5 Å². The van der Waals surface area contributed by atoms with E-state index in [1.54, 1.807) is 0 Å². The molecule has 0 aromatic heterocycles. The van der Waals surface area contributed by atoms with Crippen molar-refractivity contribution in [2.45, 2.75) is 19.6 Å². The lowest BCUT2D eigenvalue weighted by Crippen LogP contribution is -2.14. The monoisotopic (exact) mass is 770 g/mol. The van der Waals surface area contributed by atoms with Gasteiger partial charge in [-0.25, -0.2) is 0 Å². The molecule has 0 aliphatic carbocycles. The number of carbonyl (C=O) groups excluding carboxylic acids is 2. The van der Waals surface area contributed by atoms with E-state index in [1.807, 2.05) is 0 Å². The Hall–Kier alpha value is -5.20. The zero-order valence-electron chi connectivity index (χ0n) is 24.5. The molecule has 22 heteroatoms. The van der Waals surface area contributed by atoms with E-state index in [4.69, 9.17) is 0 Å². The van der Waals surface area contributed by atoms with E-state index in [-0.39, 0.29) is 22.5 Å². The molecule has 0 atom stereocenters. The maximum absolute atomic E-state index is 12.7. The number of phenolic OH excluding ortho intramolecular Hbond substituents is 2. The molecule has 4 rings (SSSR count). The van der Waals surface area contributed by atoms with Gasteiger partial charge in [0.25, 0.3) is 52.3 Å². The van der Waals surface area contributed by atoms with E-state index in [0.29, 0.717) is 12.1 Å². The van der Waals surface area contributed by atoms with Gasteiger partial charge in [0.05, 0.1) is 20.9 Å². The van der Waals surface area contributed by atoms with Gasteiger partial charge in [-0.2, -0.15) is 33.7 Å². The molecule has 50 heavy (non-hydrogen) atoms. The highest BCUT2D eigenvalue weighted by Crippen LogP contribution is 2.29. The smallest absolute Gasteiger partial charge is 0.295 e. The molecule has 4 aromatic rings. The van der Waals surface area contributed by atoms with Crippen LogP contribution in [0.1, 0.15) is 31.8 Å². The fraction of sp³-hybridized carbons (Fsp3) is 0. The van der Waals surface area contributed by atoms with E-state index in [0.717, 1.165) is 72.8 Å². The molecule has 0 fully saturated rings.